The minimum Gasteiger partial charge on any atom is -0.508 e. The van der Waals surface area contributed by atoms with Crippen molar-refractivity contribution in [2.24, 2.45) is 0 Å². The summed E-state index contributed by atoms with van der Waals surface area (Å²) < 4.78 is 10.6. The third-order valence-corrected chi connectivity index (χ3v) is 6.53. The van der Waals surface area contributed by atoms with Crippen molar-refractivity contribution in [1.82, 2.24) is 0 Å². The minimum absolute atomic E-state index is 0.0999. The molecule has 0 saturated carbocycles. The highest BCUT2D eigenvalue weighted by molar-refractivity contribution is 5.89. The lowest BCUT2D eigenvalue weighted by molar-refractivity contribution is 0.367. The molecule has 46 heavy (non-hydrogen) atoms. The number of benzene rings is 4. The zero-order valence-corrected chi connectivity index (χ0v) is 22.6. The smallest absolute Gasteiger partial charge is 0.238 e. The third-order valence-electron chi connectivity index (χ3n) is 6.53. The van der Waals surface area contributed by atoms with Crippen LogP contribution in [-0.4, -0.2) is 61.3 Å². The Labute approximate surface area is 252 Å². The second kappa shape index (κ2) is 10.9. The van der Waals surface area contributed by atoms with Crippen LogP contribution >= 0.6 is 0 Å². The summed E-state index contributed by atoms with van der Waals surface area (Å²) in [5.41, 5.74) is -2.56. The van der Waals surface area contributed by atoms with Crippen LogP contribution in [0.4, 0.5) is 0 Å². The normalized spacial score (nSPS) is 11.0. The Morgan fingerprint density at radius 1 is 0.370 bits per heavy atom. The molecule has 0 saturated heterocycles. The SMILES string of the molecule is O=c1c(O)c(-c2cc(O)c(O)c(O)c2)oc2cc(O)cc(O)c12.O=c1c(O)c(-c2cc(O)c(O)c(O)c2)oc2cc(O)cc(O)c12. The van der Waals surface area contributed by atoms with Crippen molar-refractivity contribution >= 4 is 21.9 Å². The quantitative estimate of drug-likeness (QED) is 0.121. The molecule has 16 nitrogen and oxygen atoms in total. The lowest BCUT2D eigenvalue weighted by Crippen LogP contribution is -2.03. The van der Waals surface area contributed by atoms with Crippen molar-refractivity contribution in [2.45, 2.75) is 0 Å². The lowest BCUT2D eigenvalue weighted by atomic mass is 10.1. The van der Waals surface area contributed by atoms with Gasteiger partial charge in [-0.25, -0.2) is 0 Å². The monoisotopic (exact) mass is 636 g/mol. The van der Waals surface area contributed by atoms with E-state index >= 15 is 0 Å². The first-order valence-electron chi connectivity index (χ1n) is 12.5. The van der Waals surface area contributed by atoms with Gasteiger partial charge in [0, 0.05) is 35.4 Å². The van der Waals surface area contributed by atoms with Crippen molar-refractivity contribution in [1.29, 1.82) is 0 Å². The minimum atomic E-state index is -0.967. The van der Waals surface area contributed by atoms with Crippen LogP contribution in [0.1, 0.15) is 0 Å². The van der Waals surface area contributed by atoms with Gasteiger partial charge in [-0.05, 0) is 24.3 Å². The van der Waals surface area contributed by atoms with Crippen LogP contribution in [0.25, 0.3) is 44.6 Å². The molecule has 0 amide bonds. The van der Waals surface area contributed by atoms with Crippen LogP contribution in [-0.2, 0) is 0 Å². The molecule has 6 aromatic rings. The highest BCUT2D eigenvalue weighted by atomic mass is 16.4. The predicted octanol–water partition coefficient (Wildman–Crippen LogP) is 3.39. The molecule has 0 unspecified atom stereocenters. The van der Waals surface area contributed by atoms with Gasteiger partial charge in [0.05, 0.1) is 0 Å². The van der Waals surface area contributed by atoms with E-state index in [1.807, 2.05) is 0 Å². The van der Waals surface area contributed by atoms with Gasteiger partial charge >= 0.3 is 0 Å². The molecular weight excluding hydrogens is 616 g/mol. The Balaban J connectivity index is 0.000000181. The van der Waals surface area contributed by atoms with Crippen molar-refractivity contribution in [3.05, 3.63) is 69.0 Å². The van der Waals surface area contributed by atoms with E-state index in [1.54, 1.807) is 0 Å². The summed E-state index contributed by atoms with van der Waals surface area (Å²) in [6.07, 6.45) is 0. The molecule has 0 bridgehead atoms. The average Bonchev–Trinajstić information content (AvgIpc) is 2.97. The number of hydrogen-bond donors (Lipinski definition) is 12. The molecule has 0 aliphatic rings. The van der Waals surface area contributed by atoms with Gasteiger partial charge in [-0.1, -0.05) is 0 Å². The fraction of sp³-hybridized carbons (Fsp3) is 0. The Hall–Kier alpha value is -7.10. The molecule has 0 spiro atoms. The molecule has 6 rings (SSSR count). The number of rotatable bonds is 2. The molecular formula is C30H20O16. The average molecular weight is 636 g/mol. The van der Waals surface area contributed by atoms with E-state index in [0.29, 0.717) is 0 Å². The second-order valence-corrected chi connectivity index (χ2v) is 9.62. The maximum atomic E-state index is 12.2. The van der Waals surface area contributed by atoms with E-state index in [-0.39, 0.29) is 44.6 Å². The van der Waals surface area contributed by atoms with Gasteiger partial charge in [0.15, 0.2) is 46.0 Å². The number of phenols is 10. The molecule has 16 heteroatoms. The van der Waals surface area contributed by atoms with Gasteiger partial charge in [0.2, 0.25) is 22.4 Å². The van der Waals surface area contributed by atoms with Crippen LogP contribution in [0.3, 0.4) is 0 Å². The van der Waals surface area contributed by atoms with E-state index in [2.05, 4.69) is 0 Å². The van der Waals surface area contributed by atoms with Gasteiger partial charge in [-0.3, -0.25) is 9.59 Å². The molecule has 12 N–H and O–H groups in total. The maximum absolute atomic E-state index is 12.2. The van der Waals surface area contributed by atoms with E-state index in [4.69, 9.17) is 8.83 Å². The van der Waals surface area contributed by atoms with Crippen LogP contribution < -0.4 is 10.9 Å². The third kappa shape index (κ3) is 5.06. The largest absolute Gasteiger partial charge is 0.508 e. The number of hydrogen-bond acceptors (Lipinski definition) is 16. The van der Waals surface area contributed by atoms with Crippen LogP contribution in [0.5, 0.6) is 69.0 Å². The van der Waals surface area contributed by atoms with Gasteiger partial charge in [0.1, 0.15) is 44.9 Å². The second-order valence-electron chi connectivity index (χ2n) is 9.62. The van der Waals surface area contributed by atoms with E-state index in [1.165, 1.54) is 0 Å². The van der Waals surface area contributed by atoms with Crippen molar-refractivity contribution in [2.75, 3.05) is 0 Å². The van der Waals surface area contributed by atoms with E-state index < -0.39 is 79.9 Å². The fourth-order valence-corrected chi connectivity index (χ4v) is 4.41. The number of phenolic OH excluding ortho intramolecular Hbond substituents is 10. The zero-order chi connectivity index (χ0) is 33.8. The topological polar surface area (TPSA) is 303 Å². The van der Waals surface area contributed by atoms with Gasteiger partial charge in [-0.15, -0.1) is 0 Å². The van der Waals surface area contributed by atoms with Crippen LogP contribution in [0.2, 0.25) is 0 Å². The molecule has 2 aromatic heterocycles. The van der Waals surface area contributed by atoms with E-state index in [0.717, 1.165) is 48.5 Å². The van der Waals surface area contributed by atoms with Crippen molar-refractivity contribution in [3.8, 4) is 91.6 Å². The molecule has 0 atom stereocenters. The number of aromatic hydroxyl groups is 12. The molecule has 4 aromatic carbocycles. The Morgan fingerprint density at radius 3 is 0.978 bits per heavy atom. The lowest BCUT2D eigenvalue weighted by Gasteiger charge is -2.09. The summed E-state index contributed by atoms with van der Waals surface area (Å²) in [6.45, 7) is 0. The summed E-state index contributed by atoms with van der Waals surface area (Å²) in [4.78, 5) is 24.3. The zero-order valence-electron chi connectivity index (χ0n) is 22.6. The first-order valence-corrected chi connectivity index (χ1v) is 12.5. The molecule has 0 radical (unpaired) electrons. The number of fused-ring (bicyclic) bond motifs is 2. The highest BCUT2D eigenvalue weighted by Gasteiger charge is 2.22. The Morgan fingerprint density at radius 2 is 0.674 bits per heavy atom. The summed E-state index contributed by atoms with van der Waals surface area (Å²) in [7, 11) is 0. The Kier molecular flexibility index (Phi) is 7.17. The van der Waals surface area contributed by atoms with Crippen molar-refractivity contribution in [3.63, 3.8) is 0 Å². The fourth-order valence-electron chi connectivity index (χ4n) is 4.41. The van der Waals surface area contributed by atoms with Crippen LogP contribution in [0.15, 0.2) is 67.0 Å². The van der Waals surface area contributed by atoms with E-state index in [9.17, 15) is 70.9 Å². The Bertz CT molecular complexity index is 2120. The standard InChI is InChI=1S/2C15H10O8/c2*16-6-3-7(17)11-10(4-6)23-15(14(22)13(11)21)5-1-8(18)12(20)9(19)2-5/h2*1-4,16-20,22H. The molecule has 0 aliphatic heterocycles. The molecule has 0 fully saturated rings. The molecule has 2 heterocycles. The first kappa shape index (κ1) is 30.4. The summed E-state index contributed by atoms with van der Waals surface area (Å²) in [6, 6.07) is 7.78. The summed E-state index contributed by atoms with van der Waals surface area (Å²) in [5, 5.41) is 114. The predicted molar refractivity (Wildman–Crippen MR) is 156 cm³/mol. The molecule has 0 aliphatic carbocycles. The maximum Gasteiger partial charge on any atom is 0.238 e. The highest BCUT2D eigenvalue weighted by Crippen LogP contribution is 2.43. The van der Waals surface area contributed by atoms with Gasteiger partial charge in [-0.2, -0.15) is 0 Å². The van der Waals surface area contributed by atoms with Crippen LogP contribution in [0, 0.1) is 0 Å². The molecule has 236 valence electrons. The first-order chi connectivity index (χ1) is 21.6. The summed E-state index contributed by atoms with van der Waals surface area (Å²) >= 11 is 0. The van der Waals surface area contributed by atoms with Gasteiger partial charge in [0.25, 0.3) is 0 Å². The summed E-state index contributed by atoms with van der Waals surface area (Å²) in [5.74, 6) is -8.79. The van der Waals surface area contributed by atoms with Gasteiger partial charge < -0.3 is 70.1 Å². The van der Waals surface area contributed by atoms with Crippen molar-refractivity contribution < 1.29 is 70.1 Å².